The molecule has 2 amide bonds. The van der Waals surface area contributed by atoms with Gasteiger partial charge >= 0.3 is 0 Å². The fraction of sp³-hybridized carbons (Fsp3) is 0.238. The lowest BCUT2D eigenvalue weighted by Gasteiger charge is -2.23. The molecule has 5 heteroatoms. The van der Waals surface area contributed by atoms with E-state index in [4.69, 9.17) is 0 Å². The van der Waals surface area contributed by atoms with Crippen molar-refractivity contribution < 1.29 is 18.4 Å². The van der Waals surface area contributed by atoms with Gasteiger partial charge in [-0.1, -0.05) is 36.9 Å². The van der Waals surface area contributed by atoms with Crippen LogP contribution in [0, 0.1) is 11.6 Å². The third-order valence-electron chi connectivity index (χ3n) is 4.62. The van der Waals surface area contributed by atoms with E-state index in [0.29, 0.717) is 18.4 Å². The normalized spacial score (nSPS) is 16.8. The summed E-state index contributed by atoms with van der Waals surface area (Å²) < 4.78 is 26.8. The van der Waals surface area contributed by atoms with Gasteiger partial charge in [0, 0.05) is 24.5 Å². The minimum atomic E-state index is -0.707. The Morgan fingerprint density at radius 3 is 2.54 bits per heavy atom. The third kappa shape index (κ3) is 3.72. The molecule has 1 aliphatic heterocycles. The van der Waals surface area contributed by atoms with Gasteiger partial charge in [0.05, 0.1) is 6.04 Å². The van der Waals surface area contributed by atoms with Crippen LogP contribution < -0.4 is 0 Å². The van der Waals surface area contributed by atoms with E-state index in [0.717, 1.165) is 17.7 Å². The summed E-state index contributed by atoms with van der Waals surface area (Å²) in [5, 5.41) is 0. The molecule has 1 heterocycles. The van der Waals surface area contributed by atoms with Crippen LogP contribution in [0.1, 0.15) is 42.9 Å². The molecule has 0 spiro atoms. The Labute approximate surface area is 150 Å². The van der Waals surface area contributed by atoms with Gasteiger partial charge in [-0.25, -0.2) is 8.78 Å². The second-order valence-corrected chi connectivity index (χ2v) is 6.35. The summed E-state index contributed by atoms with van der Waals surface area (Å²) in [5.41, 5.74) is 1.51. The molecular formula is C21H19F2NO2. The Hall–Kier alpha value is -2.82. The highest BCUT2D eigenvalue weighted by Crippen LogP contribution is 2.34. The highest BCUT2D eigenvalue weighted by molar-refractivity contribution is 5.97. The van der Waals surface area contributed by atoms with Crippen molar-refractivity contribution in [2.45, 2.75) is 31.7 Å². The molecule has 3 nitrogen and oxygen atoms in total. The molecule has 0 saturated carbocycles. The first kappa shape index (κ1) is 18.0. The van der Waals surface area contributed by atoms with Crippen LogP contribution in [-0.4, -0.2) is 16.7 Å². The van der Waals surface area contributed by atoms with Crippen molar-refractivity contribution in [2.75, 3.05) is 0 Å². The predicted octanol–water partition coefficient (Wildman–Crippen LogP) is 4.65. The lowest BCUT2D eigenvalue weighted by molar-refractivity contribution is -0.143. The molecule has 1 aliphatic rings. The Kier molecular flexibility index (Phi) is 5.26. The lowest BCUT2D eigenvalue weighted by atomic mass is 10.0. The van der Waals surface area contributed by atoms with Crippen molar-refractivity contribution in [1.82, 2.24) is 4.90 Å². The zero-order valence-electron chi connectivity index (χ0n) is 14.3. The lowest BCUT2D eigenvalue weighted by Crippen LogP contribution is -2.34. The summed E-state index contributed by atoms with van der Waals surface area (Å²) >= 11 is 0. The van der Waals surface area contributed by atoms with Crippen LogP contribution in [0.2, 0.25) is 0 Å². The maximum Gasteiger partial charge on any atom is 0.230 e. The predicted molar refractivity (Wildman–Crippen MR) is 94.9 cm³/mol. The van der Waals surface area contributed by atoms with Crippen molar-refractivity contribution in [2.24, 2.45) is 0 Å². The number of benzene rings is 2. The van der Waals surface area contributed by atoms with E-state index in [1.165, 1.54) is 11.0 Å². The molecule has 1 saturated heterocycles. The molecule has 134 valence electrons. The molecule has 2 aromatic carbocycles. The summed E-state index contributed by atoms with van der Waals surface area (Å²) in [4.78, 5) is 26.1. The van der Waals surface area contributed by atoms with Crippen LogP contribution in [0.3, 0.4) is 0 Å². The maximum atomic E-state index is 13.8. The van der Waals surface area contributed by atoms with Crippen molar-refractivity contribution in [1.29, 1.82) is 0 Å². The average Bonchev–Trinajstić information content (AvgIpc) is 3.02. The molecule has 3 rings (SSSR count). The van der Waals surface area contributed by atoms with E-state index in [9.17, 15) is 18.4 Å². The molecule has 0 N–H and O–H groups in total. The first-order chi connectivity index (χ1) is 12.5. The quantitative estimate of drug-likeness (QED) is 0.783. The number of allylic oxidation sites excluding steroid dienone is 1. The van der Waals surface area contributed by atoms with Gasteiger partial charge in [-0.2, -0.15) is 0 Å². The summed E-state index contributed by atoms with van der Waals surface area (Å²) in [7, 11) is 0. The van der Waals surface area contributed by atoms with Gasteiger partial charge in [0.25, 0.3) is 0 Å². The van der Waals surface area contributed by atoms with E-state index in [2.05, 4.69) is 6.58 Å². The number of likely N-dealkylation sites (tertiary alicyclic amines) is 1. The van der Waals surface area contributed by atoms with E-state index in [1.807, 2.05) is 30.3 Å². The SMILES string of the molecule is C=C(CCC(=O)N1C(=O)CC[C@H]1c1ccccc1)c1ccc(F)cc1F. The molecule has 0 bridgehead atoms. The van der Waals surface area contributed by atoms with Crippen LogP contribution in [0.5, 0.6) is 0 Å². The largest absolute Gasteiger partial charge is 0.275 e. The number of nitrogens with zero attached hydrogens (tertiary/aromatic N) is 1. The molecule has 0 aliphatic carbocycles. The van der Waals surface area contributed by atoms with E-state index in [1.54, 1.807) is 0 Å². The molecular weight excluding hydrogens is 336 g/mol. The number of halogens is 2. The Balaban J connectivity index is 1.68. The Morgan fingerprint density at radius 1 is 1.12 bits per heavy atom. The van der Waals surface area contributed by atoms with Gasteiger partial charge in [0.1, 0.15) is 11.6 Å². The van der Waals surface area contributed by atoms with Gasteiger partial charge in [0.15, 0.2) is 0 Å². The molecule has 0 aromatic heterocycles. The van der Waals surface area contributed by atoms with Crippen LogP contribution in [0.25, 0.3) is 5.57 Å². The number of hydrogen-bond donors (Lipinski definition) is 0. The van der Waals surface area contributed by atoms with Gasteiger partial charge in [-0.3, -0.25) is 14.5 Å². The van der Waals surface area contributed by atoms with Crippen LogP contribution in [0.15, 0.2) is 55.1 Å². The van der Waals surface area contributed by atoms with Gasteiger partial charge in [0.2, 0.25) is 11.8 Å². The second kappa shape index (κ2) is 7.60. The zero-order chi connectivity index (χ0) is 18.7. The standard InChI is InChI=1S/C21H19F2NO2/c1-14(17-9-8-16(22)13-18(17)23)7-11-20(25)24-19(10-12-21(24)26)15-5-3-2-4-6-15/h2-6,8-9,13,19H,1,7,10-12H2/t19-/m0/s1. The number of hydrogen-bond acceptors (Lipinski definition) is 2. The monoisotopic (exact) mass is 355 g/mol. The molecule has 2 aromatic rings. The summed E-state index contributed by atoms with van der Waals surface area (Å²) in [6, 6.07) is 12.4. The van der Waals surface area contributed by atoms with E-state index >= 15 is 0 Å². The van der Waals surface area contributed by atoms with Crippen LogP contribution >= 0.6 is 0 Å². The Morgan fingerprint density at radius 2 is 1.85 bits per heavy atom. The smallest absolute Gasteiger partial charge is 0.230 e. The summed E-state index contributed by atoms with van der Waals surface area (Å²) in [6.07, 6.45) is 1.18. The van der Waals surface area contributed by atoms with Gasteiger partial charge in [-0.05, 0) is 36.1 Å². The molecule has 1 fully saturated rings. The van der Waals surface area contributed by atoms with Crippen molar-refractivity contribution in [3.63, 3.8) is 0 Å². The van der Waals surface area contributed by atoms with E-state index < -0.39 is 11.6 Å². The van der Waals surface area contributed by atoms with Crippen molar-refractivity contribution in [3.8, 4) is 0 Å². The number of imide groups is 1. The van der Waals surface area contributed by atoms with Gasteiger partial charge in [-0.15, -0.1) is 0 Å². The number of carbonyl (C=O) groups excluding carboxylic acids is 2. The first-order valence-corrected chi connectivity index (χ1v) is 8.50. The molecule has 26 heavy (non-hydrogen) atoms. The Bertz CT molecular complexity index is 848. The molecule has 0 radical (unpaired) electrons. The minimum absolute atomic E-state index is 0.0464. The fourth-order valence-electron chi connectivity index (χ4n) is 3.28. The molecule has 0 unspecified atom stereocenters. The average molecular weight is 355 g/mol. The summed E-state index contributed by atoms with van der Waals surface area (Å²) in [5.74, 6) is -1.86. The van der Waals surface area contributed by atoms with Crippen molar-refractivity contribution >= 4 is 17.4 Å². The molecule has 1 atom stereocenters. The highest BCUT2D eigenvalue weighted by Gasteiger charge is 2.36. The zero-order valence-corrected chi connectivity index (χ0v) is 14.3. The highest BCUT2D eigenvalue weighted by atomic mass is 19.1. The topological polar surface area (TPSA) is 37.4 Å². The first-order valence-electron chi connectivity index (χ1n) is 8.50. The maximum absolute atomic E-state index is 13.8. The number of amides is 2. The van der Waals surface area contributed by atoms with Crippen LogP contribution in [-0.2, 0) is 9.59 Å². The minimum Gasteiger partial charge on any atom is -0.275 e. The number of carbonyl (C=O) groups is 2. The third-order valence-corrected chi connectivity index (χ3v) is 4.62. The van der Waals surface area contributed by atoms with Crippen LogP contribution in [0.4, 0.5) is 8.78 Å². The summed E-state index contributed by atoms with van der Waals surface area (Å²) in [6.45, 7) is 3.79. The number of rotatable bonds is 5. The van der Waals surface area contributed by atoms with Gasteiger partial charge < -0.3 is 0 Å². The fourth-order valence-corrected chi connectivity index (χ4v) is 3.28. The van der Waals surface area contributed by atoms with Crippen molar-refractivity contribution in [3.05, 3.63) is 77.9 Å². The second-order valence-electron chi connectivity index (χ2n) is 6.35. The van der Waals surface area contributed by atoms with E-state index in [-0.39, 0.29) is 36.3 Å².